The summed E-state index contributed by atoms with van der Waals surface area (Å²) in [5, 5.41) is 0. The number of fused-ring (bicyclic) bond motifs is 1. The summed E-state index contributed by atoms with van der Waals surface area (Å²) < 4.78 is 55.9. The fourth-order valence-corrected chi connectivity index (χ4v) is 4.02. The molecule has 28 heavy (non-hydrogen) atoms. The maximum atomic E-state index is 13.4. The highest BCUT2D eigenvalue weighted by Crippen LogP contribution is 2.25. The van der Waals surface area contributed by atoms with E-state index in [-0.39, 0.29) is 5.69 Å². The van der Waals surface area contributed by atoms with E-state index in [2.05, 4.69) is 9.71 Å². The van der Waals surface area contributed by atoms with E-state index in [1.807, 2.05) is 35.9 Å². The molecular formula is C20H15F2N3O2S. The van der Waals surface area contributed by atoms with E-state index in [0.717, 1.165) is 23.3 Å². The van der Waals surface area contributed by atoms with Crippen LogP contribution >= 0.6 is 0 Å². The SMILES string of the molecule is Cc1cccn2cc(-c3cccc(NS(=O)(=O)c4cc(F)cc(F)c4)c3)nc12. The Bertz CT molecular complexity index is 1280. The summed E-state index contributed by atoms with van der Waals surface area (Å²) in [5.41, 5.74) is 3.45. The van der Waals surface area contributed by atoms with Crippen molar-refractivity contribution in [1.29, 1.82) is 0 Å². The third kappa shape index (κ3) is 3.46. The Balaban J connectivity index is 1.69. The molecule has 142 valence electrons. The molecule has 5 nitrogen and oxygen atoms in total. The minimum atomic E-state index is -4.14. The monoisotopic (exact) mass is 399 g/mol. The van der Waals surface area contributed by atoms with Gasteiger partial charge in [0.15, 0.2) is 0 Å². The van der Waals surface area contributed by atoms with Crippen LogP contribution in [0.3, 0.4) is 0 Å². The lowest BCUT2D eigenvalue weighted by Gasteiger charge is -2.09. The second-order valence-electron chi connectivity index (χ2n) is 6.34. The Hall–Kier alpha value is -3.26. The van der Waals surface area contributed by atoms with Gasteiger partial charge in [-0.25, -0.2) is 22.2 Å². The van der Waals surface area contributed by atoms with Crippen molar-refractivity contribution in [2.75, 3.05) is 4.72 Å². The van der Waals surface area contributed by atoms with Crippen molar-refractivity contribution in [2.24, 2.45) is 0 Å². The van der Waals surface area contributed by atoms with Gasteiger partial charge >= 0.3 is 0 Å². The summed E-state index contributed by atoms with van der Waals surface area (Å²) >= 11 is 0. The molecule has 4 aromatic rings. The molecule has 2 aromatic heterocycles. The van der Waals surface area contributed by atoms with Crippen LogP contribution in [-0.2, 0) is 10.0 Å². The molecule has 0 radical (unpaired) electrons. The first-order valence-electron chi connectivity index (χ1n) is 8.35. The molecule has 8 heteroatoms. The number of sulfonamides is 1. The molecule has 2 aromatic carbocycles. The molecule has 0 aliphatic heterocycles. The lowest BCUT2D eigenvalue weighted by molar-refractivity contribution is 0.568. The molecule has 0 bridgehead atoms. The molecule has 2 heterocycles. The first kappa shape index (κ1) is 18.1. The molecule has 0 amide bonds. The molecule has 0 aliphatic rings. The van der Waals surface area contributed by atoms with Crippen molar-refractivity contribution < 1.29 is 17.2 Å². The van der Waals surface area contributed by atoms with Crippen LogP contribution in [-0.4, -0.2) is 17.8 Å². The second-order valence-corrected chi connectivity index (χ2v) is 8.02. The van der Waals surface area contributed by atoms with Gasteiger partial charge in [-0.1, -0.05) is 18.2 Å². The lowest BCUT2D eigenvalue weighted by Crippen LogP contribution is -2.13. The van der Waals surface area contributed by atoms with Gasteiger partial charge in [-0.3, -0.25) is 4.72 Å². The summed E-state index contributed by atoms with van der Waals surface area (Å²) in [5.74, 6) is -1.93. The van der Waals surface area contributed by atoms with Gasteiger partial charge in [-0.2, -0.15) is 0 Å². The number of imidazole rings is 1. The van der Waals surface area contributed by atoms with Crippen molar-refractivity contribution in [1.82, 2.24) is 9.38 Å². The van der Waals surface area contributed by atoms with Crippen molar-refractivity contribution in [3.63, 3.8) is 0 Å². The number of rotatable bonds is 4. The summed E-state index contributed by atoms with van der Waals surface area (Å²) in [4.78, 5) is 4.10. The average molecular weight is 399 g/mol. The predicted molar refractivity (Wildman–Crippen MR) is 103 cm³/mol. The molecule has 0 saturated carbocycles. The zero-order chi connectivity index (χ0) is 19.9. The quantitative estimate of drug-likeness (QED) is 0.554. The normalized spacial score (nSPS) is 11.7. The first-order valence-corrected chi connectivity index (χ1v) is 9.84. The molecule has 1 N–H and O–H groups in total. The second kappa shape index (κ2) is 6.72. The van der Waals surface area contributed by atoms with Gasteiger partial charge in [-0.05, 0) is 42.8 Å². The Morgan fingerprint density at radius 2 is 1.75 bits per heavy atom. The summed E-state index contributed by atoms with van der Waals surface area (Å²) in [7, 11) is -4.14. The Morgan fingerprint density at radius 1 is 1.00 bits per heavy atom. The zero-order valence-corrected chi connectivity index (χ0v) is 15.5. The Morgan fingerprint density at radius 3 is 2.46 bits per heavy atom. The molecule has 0 unspecified atom stereocenters. The minimum absolute atomic E-state index is 0.260. The molecule has 4 rings (SSSR count). The standard InChI is InChI=1S/C20H15F2N3O2S/c1-13-4-3-7-25-12-19(23-20(13)25)14-5-2-6-17(8-14)24-28(26,27)18-10-15(21)9-16(22)11-18/h2-12,24H,1H3. The van der Waals surface area contributed by atoms with Gasteiger partial charge in [0.1, 0.15) is 17.3 Å². The third-order valence-electron chi connectivity index (χ3n) is 4.23. The fraction of sp³-hybridized carbons (Fsp3) is 0.0500. The number of hydrogen-bond donors (Lipinski definition) is 1. The molecule has 0 saturated heterocycles. The molecular weight excluding hydrogens is 384 g/mol. The summed E-state index contributed by atoms with van der Waals surface area (Å²) in [6.45, 7) is 1.95. The third-order valence-corrected chi connectivity index (χ3v) is 5.60. The number of pyridine rings is 1. The van der Waals surface area contributed by atoms with Crippen LogP contribution in [0.15, 0.2) is 71.9 Å². The van der Waals surface area contributed by atoms with E-state index >= 15 is 0 Å². The number of nitrogens with zero attached hydrogens (tertiary/aromatic N) is 2. The van der Waals surface area contributed by atoms with E-state index in [1.165, 1.54) is 0 Å². The number of nitrogens with one attached hydrogen (secondary N) is 1. The molecule has 0 spiro atoms. The predicted octanol–water partition coefficient (Wildman–Crippen LogP) is 4.39. The molecule has 0 fully saturated rings. The van der Waals surface area contributed by atoms with Crippen LogP contribution in [0.4, 0.5) is 14.5 Å². The number of aromatic nitrogens is 2. The lowest BCUT2D eigenvalue weighted by atomic mass is 10.1. The van der Waals surface area contributed by atoms with E-state index in [9.17, 15) is 17.2 Å². The van der Waals surface area contributed by atoms with E-state index < -0.39 is 26.6 Å². The summed E-state index contributed by atoms with van der Waals surface area (Å²) in [6, 6.07) is 12.7. The highest BCUT2D eigenvalue weighted by Gasteiger charge is 2.17. The zero-order valence-electron chi connectivity index (χ0n) is 14.7. The van der Waals surface area contributed by atoms with Gasteiger partial charge in [0.25, 0.3) is 10.0 Å². The molecule has 0 atom stereocenters. The van der Waals surface area contributed by atoms with Gasteiger partial charge in [0.05, 0.1) is 10.6 Å². The number of hydrogen-bond acceptors (Lipinski definition) is 3. The number of anilines is 1. The maximum Gasteiger partial charge on any atom is 0.262 e. The highest BCUT2D eigenvalue weighted by molar-refractivity contribution is 7.92. The summed E-state index contributed by atoms with van der Waals surface area (Å²) in [6.07, 6.45) is 3.72. The number of benzene rings is 2. The smallest absolute Gasteiger partial charge is 0.262 e. The van der Waals surface area contributed by atoms with Crippen molar-refractivity contribution in [2.45, 2.75) is 11.8 Å². The molecule has 0 aliphatic carbocycles. The average Bonchev–Trinajstić information content (AvgIpc) is 3.07. The van der Waals surface area contributed by atoms with Crippen LogP contribution in [0.2, 0.25) is 0 Å². The van der Waals surface area contributed by atoms with Crippen molar-refractivity contribution >= 4 is 21.4 Å². The first-order chi connectivity index (χ1) is 13.3. The van der Waals surface area contributed by atoms with Crippen LogP contribution in [0.1, 0.15) is 5.56 Å². The largest absolute Gasteiger partial charge is 0.306 e. The van der Waals surface area contributed by atoms with Crippen molar-refractivity contribution in [3.8, 4) is 11.3 Å². The van der Waals surface area contributed by atoms with Crippen LogP contribution < -0.4 is 4.72 Å². The number of aryl methyl sites for hydroxylation is 1. The van der Waals surface area contributed by atoms with Gasteiger partial charge in [0, 0.05) is 29.7 Å². The topological polar surface area (TPSA) is 63.5 Å². The van der Waals surface area contributed by atoms with Crippen LogP contribution in [0.5, 0.6) is 0 Å². The van der Waals surface area contributed by atoms with Crippen LogP contribution in [0, 0.1) is 18.6 Å². The van der Waals surface area contributed by atoms with Crippen molar-refractivity contribution in [3.05, 3.63) is 84.2 Å². The van der Waals surface area contributed by atoms with Gasteiger partial charge < -0.3 is 4.40 Å². The Kier molecular flexibility index (Phi) is 4.35. The number of halogens is 2. The van der Waals surface area contributed by atoms with E-state index in [1.54, 1.807) is 24.3 Å². The minimum Gasteiger partial charge on any atom is -0.306 e. The van der Waals surface area contributed by atoms with Gasteiger partial charge in [0.2, 0.25) is 0 Å². The fourth-order valence-electron chi connectivity index (χ4n) is 2.93. The Labute approximate surface area is 160 Å². The van der Waals surface area contributed by atoms with E-state index in [4.69, 9.17) is 0 Å². The van der Waals surface area contributed by atoms with Crippen LogP contribution in [0.25, 0.3) is 16.9 Å². The van der Waals surface area contributed by atoms with Gasteiger partial charge in [-0.15, -0.1) is 0 Å². The highest BCUT2D eigenvalue weighted by atomic mass is 32.2. The maximum absolute atomic E-state index is 13.4. The van der Waals surface area contributed by atoms with E-state index in [0.29, 0.717) is 17.3 Å².